The predicted octanol–water partition coefficient (Wildman–Crippen LogP) is 1.46. The average molecular weight is 280 g/mol. The van der Waals surface area contributed by atoms with Crippen molar-refractivity contribution in [1.29, 1.82) is 0 Å². The van der Waals surface area contributed by atoms with Crippen molar-refractivity contribution < 1.29 is 9.84 Å². The number of nitrogens with one attached hydrogen (secondary N) is 1. The van der Waals surface area contributed by atoms with E-state index in [1.54, 1.807) is 0 Å². The molecule has 4 N–H and O–H groups in total. The van der Waals surface area contributed by atoms with Crippen LogP contribution >= 0.6 is 11.3 Å². The number of thiazole rings is 1. The van der Waals surface area contributed by atoms with E-state index in [-0.39, 0.29) is 16.8 Å². The Kier molecular flexibility index (Phi) is 4.24. The Morgan fingerprint density at radius 3 is 2.63 bits per heavy atom. The van der Waals surface area contributed by atoms with Gasteiger partial charge in [0, 0.05) is 12.5 Å². The molecule has 0 fully saturated rings. The lowest BCUT2D eigenvalue weighted by molar-refractivity contribution is 0.296. The van der Waals surface area contributed by atoms with Crippen molar-refractivity contribution in [1.82, 2.24) is 4.98 Å². The highest BCUT2D eigenvalue weighted by atomic mass is 32.1. The fraction of sp³-hybridized carbons (Fsp3) is 0.308. The molecule has 1 atom stereocenters. The molecule has 0 amide bonds. The largest absolute Gasteiger partial charge is 0.494 e. The van der Waals surface area contributed by atoms with E-state index in [1.807, 2.05) is 31.2 Å². The Labute approximate surface area is 114 Å². The number of ether oxygens (including phenoxy) is 1. The molecule has 102 valence electrons. The third-order valence-electron chi connectivity index (χ3n) is 2.50. The molecule has 0 aliphatic heterocycles. The Morgan fingerprint density at radius 1 is 1.42 bits per heavy atom. The zero-order chi connectivity index (χ0) is 13.8. The van der Waals surface area contributed by atoms with Crippen LogP contribution in [0.5, 0.6) is 11.6 Å². The lowest BCUT2D eigenvalue weighted by atomic mass is 10.1. The second kappa shape index (κ2) is 5.90. The van der Waals surface area contributed by atoms with Crippen molar-refractivity contribution in [2.75, 3.05) is 6.61 Å². The lowest BCUT2D eigenvalue weighted by Crippen LogP contribution is -2.23. The minimum Gasteiger partial charge on any atom is -0.494 e. The maximum absolute atomic E-state index is 11.1. The molecule has 0 radical (unpaired) electrons. The van der Waals surface area contributed by atoms with E-state index in [2.05, 4.69) is 4.98 Å². The number of aromatic hydroxyl groups is 1. The van der Waals surface area contributed by atoms with E-state index in [4.69, 9.17) is 10.5 Å². The Morgan fingerprint density at radius 2 is 2.11 bits per heavy atom. The first-order valence-corrected chi connectivity index (χ1v) is 6.74. The third kappa shape index (κ3) is 3.84. The highest BCUT2D eigenvalue weighted by molar-refractivity contribution is 7.09. The van der Waals surface area contributed by atoms with Gasteiger partial charge in [-0.05, 0) is 24.6 Å². The van der Waals surface area contributed by atoms with E-state index >= 15 is 0 Å². The van der Waals surface area contributed by atoms with Gasteiger partial charge in [-0.1, -0.05) is 23.5 Å². The monoisotopic (exact) mass is 280 g/mol. The van der Waals surface area contributed by atoms with Gasteiger partial charge < -0.3 is 15.6 Å². The zero-order valence-electron chi connectivity index (χ0n) is 10.6. The topological polar surface area (TPSA) is 88.3 Å². The minimum absolute atomic E-state index is 0.00578. The summed E-state index contributed by atoms with van der Waals surface area (Å²) in [5.74, 6) is 0.708. The van der Waals surface area contributed by atoms with Crippen LogP contribution in [0.4, 0.5) is 0 Å². The maximum atomic E-state index is 11.1. The molecule has 1 heterocycles. The molecule has 0 unspecified atom stereocenters. The molecule has 0 aliphatic rings. The number of benzene rings is 1. The first-order chi connectivity index (χ1) is 9.04. The van der Waals surface area contributed by atoms with Crippen molar-refractivity contribution >= 4 is 11.3 Å². The van der Waals surface area contributed by atoms with Crippen molar-refractivity contribution in [2.24, 2.45) is 5.73 Å². The number of H-pyrrole nitrogens is 1. The first-order valence-electron chi connectivity index (χ1n) is 5.93. The quantitative estimate of drug-likeness (QED) is 0.773. The third-order valence-corrected chi connectivity index (χ3v) is 3.37. The van der Waals surface area contributed by atoms with Gasteiger partial charge in [-0.25, -0.2) is 0 Å². The molecular weight excluding hydrogens is 264 g/mol. The predicted molar refractivity (Wildman–Crippen MR) is 75.0 cm³/mol. The summed E-state index contributed by atoms with van der Waals surface area (Å²) in [5, 5.41) is 9.51. The zero-order valence-corrected chi connectivity index (χ0v) is 11.4. The minimum atomic E-state index is -0.246. The molecule has 1 aromatic heterocycles. The van der Waals surface area contributed by atoms with Gasteiger partial charge in [0.25, 0.3) is 0 Å². The molecule has 0 saturated carbocycles. The summed E-state index contributed by atoms with van der Waals surface area (Å²) in [5.41, 5.74) is 6.61. The smallest absolute Gasteiger partial charge is 0.307 e. The number of nitrogens with two attached hydrogens (primary N) is 1. The van der Waals surface area contributed by atoms with Crippen molar-refractivity contribution in [3.63, 3.8) is 0 Å². The highest BCUT2D eigenvalue weighted by Crippen LogP contribution is 2.21. The highest BCUT2D eigenvalue weighted by Gasteiger charge is 2.07. The number of hydrogen-bond acceptors (Lipinski definition) is 5. The van der Waals surface area contributed by atoms with Crippen molar-refractivity contribution in [3.8, 4) is 11.6 Å². The Balaban J connectivity index is 2.02. The van der Waals surface area contributed by atoms with Gasteiger partial charge in [0.05, 0.1) is 4.88 Å². The molecule has 2 rings (SSSR count). The van der Waals surface area contributed by atoms with Crippen LogP contribution in [0.25, 0.3) is 0 Å². The number of hydrogen-bond donors (Lipinski definition) is 3. The molecule has 0 bridgehead atoms. The molecule has 0 spiro atoms. The van der Waals surface area contributed by atoms with Gasteiger partial charge in [-0.2, -0.15) is 0 Å². The average Bonchev–Trinajstić information content (AvgIpc) is 2.67. The molecular formula is C13H16N2O3S. The molecule has 6 heteroatoms. The van der Waals surface area contributed by atoms with Crippen LogP contribution < -0.4 is 15.3 Å². The first kappa shape index (κ1) is 13.6. The van der Waals surface area contributed by atoms with E-state index < -0.39 is 0 Å². The molecule has 19 heavy (non-hydrogen) atoms. The summed E-state index contributed by atoms with van der Waals surface area (Å²) in [4.78, 5) is 13.8. The SMILES string of the molecule is C[C@@H](N)COc1ccc(Cc2sc(=O)[nH]c2O)cc1. The van der Waals surface area contributed by atoms with Crippen LogP contribution in [0.1, 0.15) is 17.4 Å². The van der Waals surface area contributed by atoms with Gasteiger partial charge in [-0.3, -0.25) is 9.78 Å². The summed E-state index contributed by atoms with van der Waals surface area (Å²) in [7, 11) is 0. The van der Waals surface area contributed by atoms with Crippen LogP contribution in [-0.4, -0.2) is 22.7 Å². The van der Waals surface area contributed by atoms with Gasteiger partial charge in [0.15, 0.2) is 0 Å². The second-order valence-electron chi connectivity index (χ2n) is 4.40. The Hall–Kier alpha value is -1.79. The van der Waals surface area contributed by atoms with E-state index in [9.17, 15) is 9.90 Å². The van der Waals surface area contributed by atoms with Crippen LogP contribution in [-0.2, 0) is 6.42 Å². The van der Waals surface area contributed by atoms with Gasteiger partial charge in [0.2, 0.25) is 5.88 Å². The maximum Gasteiger partial charge on any atom is 0.307 e. The Bertz CT molecular complexity index is 587. The summed E-state index contributed by atoms with van der Waals surface area (Å²) < 4.78 is 5.47. The summed E-state index contributed by atoms with van der Waals surface area (Å²) in [6, 6.07) is 7.50. The molecule has 5 nitrogen and oxygen atoms in total. The van der Waals surface area contributed by atoms with Crippen LogP contribution in [0.2, 0.25) is 0 Å². The van der Waals surface area contributed by atoms with Crippen molar-refractivity contribution in [3.05, 3.63) is 44.4 Å². The molecule has 0 saturated heterocycles. The van der Waals surface area contributed by atoms with E-state index in [0.717, 1.165) is 22.6 Å². The standard InChI is InChI=1S/C13H16N2O3S/c1-8(14)7-18-10-4-2-9(3-5-10)6-11-12(16)15-13(17)19-11/h2-5,8,16H,6-7,14H2,1H3,(H,15,17)/t8-/m1/s1. The van der Waals surface area contributed by atoms with Crippen molar-refractivity contribution in [2.45, 2.75) is 19.4 Å². The van der Waals surface area contributed by atoms with Gasteiger partial charge in [0.1, 0.15) is 12.4 Å². The second-order valence-corrected chi connectivity index (χ2v) is 5.46. The van der Waals surface area contributed by atoms with Crippen LogP contribution in [0, 0.1) is 0 Å². The number of aromatic amines is 1. The van der Waals surface area contributed by atoms with Crippen LogP contribution in [0.3, 0.4) is 0 Å². The van der Waals surface area contributed by atoms with E-state index in [1.165, 1.54) is 0 Å². The number of aromatic nitrogens is 1. The fourth-order valence-electron chi connectivity index (χ4n) is 1.59. The van der Waals surface area contributed by atoms with E-state index in [0.29, 0.717) is 17.9 Å². The summed E-state index contributed by atoms with van der Waals surface area (Å²) in [6.07, 6.45) is 0.517. The summed E-state index contributed by atoms with van der Waals surface area (Å²) in [6.45, 7) is 2.35. The molecule has 2 aromatic rings. The fourth-order valence-corrected chi connectivity index (χ4v) is 2.35. The normalized spacial score (nSPS) is 12.3. The summed E-state index contributed by atoms with van der Waals surface area (Å²) >= 11 is 1.02. The lowest BCUT2D eigenvalue weighted by Gasteiger charge is -2.09. The number of rotatable bonds is 5. The molecule has 1 aromatic carbocycles. The van der Waals surface area contributed by atoms with Crippen LogP contribution in [0.15, 0.2) is 29.1 Å². The van der Waals surface area contributed by atoms with Gasteiger partial charge in [-0.15, -0.1) is 0 Å². The molecule has 0 aliphatic carbocycles. The van der Waals surface area contributed by atoms with Gasteiger partial charge >= 0.3 is 4.87 Å².